The number of halogens is 1. The van der Waals surface area contributed by atoms with E-state index >= 15 is 0 Å². The summed E-state index contributed by atoms with van der Waals surface area (Å²) < 4.78 is 18.3. The Balaban J connectivity index is 2.81. The Morgan fingerprint density at radius 2 is 2.06 bits per heavy atom. The summed E-state index contributed by atoms with van der Waals surface area (Å²) in [5.74, 6) is -0.248. The molecule has 0 spiro atoms. The van der Waals surface area contributed by atoms with Crippen LogP contribution in [0.3, 0.4) is 0 Å². The molecule has 0 radical (unpaired) electrons. The van der Waals surface area contributed by atoms with Crippen molar-refractivity contribution in [2.24, 2.45) is 0 Å². The number of benzene rings is 1. The molecule has 0 aliphatic carbocycles. The van der Waals surface area contributed by atoms with Crippen LogP contribution in [0.1, 0.15) is 37.5 Å². The molecule has 1 N–H and O–H groups in total. The van der Waals surface area contributed by atoms with Gasteiger partial charge in [-0.25, -0.2) is 4.39 Å². The van der Waals surface area contributed by atoms with E-state index in [0.29, 0.717) is 12.0 Å². The molecule has 1 atom stereocenters. The van der Waals surface area contributed by atoms with Crippen molar-refractivity contribution in [1.29, 1.82) is 0 Å². The van der Waals surface area contributed by atoms with E-state index in [9.17, 15) is 9.50 Å². The quantitative estimate of drug-likeness (QED) is 0.855. The molecule has 3 heteroatoms. The van der Waals surface area contributed by atoms with Crippen molar-refractivity contribution in [3.63, 3.8) is 0 Å². The fourth-order valence-electron chi connectivity index (χ4n) is 1.54. The third kappa shape index (κ3) is 3.29. The van der Waals surface area contributed by atoms with Crippen LogP contribution < -0.4 is 0 Å². The lowest BCUT2D eigenvalue weighted by molar-refractivity contribution is -0.0201. The van der Waals surface area contributed by atoms with Crippen molar-refractivity contribution in [3.8, 4) is 0 Å². The number of methoxy groups -OCH3 is 1. The normalized spacial score (nSPS) is 13.9. The first kappa shape index (κ1) is 13.1. The molecule has 90 valence electrons. The highest BCUT2D eigenvalue weighted by atomic mass is 19.1. The van der Waals surface area contributed by atoms with Crippen molar-refractivity contribution in [3.05, 3.63) is 35.1 Å². The van der Waals surface area contributed by atoms with Crippen LogP contribution in [0.5, 0.6) is 0 Å². The average Bonchev–Trinajstić information content (AvgIpc) is 2.21. The van der Waals surface area contributed by atoms with Gasteiger partial charge in [0, 0.05) is 13.5 Å². The van der Waals surface area contributed by atoms with Gasteiger partial charge in [0.25, 0.3) is 0 Å². The first-order valence-corrected chi connectivity index (χ1v) is 5.35. The molecule has 0 saturated heterocycles. The first-order valence-electron chi connectivity index (χ1n) is 5.35. The van der Waals surface area contributed by atoms with Gasteiger partial charge in [0.2, 0.25) is 0 Å². The molecule has 1 unspecified atom stereocenters. The Kier molecular flexibility index (Phi) is 4.05. The Morgan fingerprint density at radius 1 is 1.44 bits per heavy atom. The molecule has 1 aromatic carbocycles. The Labute approximate surface area is 96.1 Å². The summed E-state index contributed by atoms with van der Waals surface area (Å²) in [4.78, 5) is 0. The molecule has 0 aliphatic heterocycles. The minimum Gasteiger partial charge on any atom is -0.388 e. The second kappa shape index (κ2) is 4.93. The van der Waals surface area contributed by atoms with Gasteiger partial charge in [-0.3, -0.25) is 0 Å². The second-order valence-corrected chi connectivity index (χ2v) is 4.69. The Bertz CT molecular complexity index is 361. The van der Waals surface area contributed by atoms with Crippen LogP contribution in [0.2, 0.25) is 0 Å². The third-order valence-electron chi connectivity index (χ3n) is 2.80. The zero-order chi connectivity index (χ0) is 12.3. The van der Waals surface area contributed by atoms with Gasteiger partial charge in [0.15, 0.2) is 0 Å². The predicted octanol–water partition coefficient (Wildman–Crippen LogP) is 2.98. The van der Waals surface area contributed by atoms with Crippen LogP contribution in [0.15, 0.2) is 18.2 Å². The lowest BCUT2D eigenvalue weighted by Crippen LogP contribution is -2.25. The molecular weight excluding hydrogens is 207 g/mol. The van der Waals surface area contributed by atoms with Gasteiger partial charge in [-0.1, -0.05) is 12.1 Å². The maximum Gasteiger partial charge on any atom is 0.126 e. The van der Waals surface area contributed by atoms with Crippen LogP contribution in [-0.2, 0) is 4.74 Å². The molecule has 0 aliphatic rings. The van der Waals surface area contributed by atoms with Gasteiger partial charge in [-0.15, -0.1) is 0 Å². The Morgan fingerprint density at radius 3 is 2.56 bits per heavy atom. The van der Waals surface area contributed by atoms with Crippen molar-refractivity contribution >= 4 is 0 Å². The van der Waals surface area contributed by atoms with Crippen LogP contribution >= 0.6 is 0 Å². The van der Waals surface area contributed by atoms with Crippen LogP contribution in [-0.4, -0.2) is 17.8 Å². The van der Waals surface area contributed by atoms with Gasteiger partial charge < -0.3 is 9.84 Å². The second-order valence-electron chi connectivity index (χ2n) is 4.69. The van der Waals surface area contributed by atoms with E-state index in [0.717, 1.165) is 5.56 Å². The van der Waals surface area contributed by atoms with E-state index in [1.54, 1.807) is 26.2 Å². The fourth-order valence-corrected chi connectivity index (χ4v) is 1.54. The molecule has 1 rings (SSSR count). The fraction of sp³-hybridized carbons (Fsp3) is 0.538. The molecule has 0 saturated carbocycles. The minimum absolute atomic E-state index is 0.248. The summed E-state index contributed by atoms with van der Waals surface area (Å²) in [6, 6.07) is 4.66. The van der Waals surface area contributed by atoms with Crippen LogP contribution in [0, 0.1) is 12.7 Å². The number of rotatable bonds is 4. The summed E-state index contributed by atoms with van der Waals surface area (Å²) in [5, 5.41) is 10.0. The van der Waals surface area contributed by atoms with Gasteiger partial charge in [-0.05, 0) is 38.0 Å². The molecule has 0 heterocycles. The van der Waals surface area contributed by atoms with E-state index in [-0.39, 0.29) is 11.4 Å². The molecule has 1 aromatic rings. The largest absolute Gasteiger partial charge is 0.388 e. The molecule has 2 nitrogen and oxygen atoms in total. The highest BCUT2D eigenvalue weighted by Crippen LogP contribution is 2.26. The van der Waals surface area contributed by atoms with E-state index in [4.69, 9.17) is 4.74 Å². The first-order chi connectivity index (χ1) is 7.35. The van der Waals surface area contributed by atoms with Crippen molar-refractivity contribution < 1.29 is 14.2 Å². The number of hydrogen-bond acceptors (Lipinski definition) is 2. The highest BCUT2D eigenvalue weighted by molar-refractivity contribution is 5.25. The van der Waals surface area contributed by atoms with Crippen molar-refractivity contribution in [2.75, 3.05) is 7.11 Å². The van der Waals surface area contributed by atoms with Gasteiger partial charge >= 0.3 is 0 Å². The summed E-state index contributed by atoms with van der Waals surface area (Å²) in [7, 11) is 1.61. The van der Waals surface area contributed by atoms with E-state index in [1.807, 2.05) is 13.8 Å². The van der Waals surface area contributed by atoms with Crippen LogP contribution in [0.4, 0.5) is 4.39 Å². The van der Waals surface area contributed by atoms with E-state index < -0.39 is 6.10 Å². The van der Waals surface area contributed by atoms with E-state index in [1.165, 1.54) is 6.07 Å². The van der Waals surface area contributed by atoms with Gasteiger partial charge in [-0.2, -0.15) is 0 Å². The zero-order valence-electron chi connectivity index (χ0n) is 10.2. The molecule has 0 bridgehead atoms. The molecule has 0 aromatic heterocycles. The van der Waals surface area contributed by atoms with Gasteiger partial charge in [0.05, 0.1) is 11.7 Å². The topological polar surface area (TPSA) is 29.5 Å². The van der Waals surface area contributed by atoms with Crippen LogP contribution in [0.25, 0.3) is 0 Å². The smallest absolute Gasteiger partial charge is 0.126 e. The lowest BCUT2D eigenvalue weighted by atomic mass is 9.95. The number of aliphatic hydroxyl groups is 1. The maximum atomic E-state index is 13.1. The highest BCUT2D eigenvalue weighted by Gasteiger charge is 2.22. The van der Waals surface area contributed by atoms with Crippen molar-refractivity contribution in [1.82, 2.24) is 0 Å². The zero-order valence-corrected chi connectivity index (χ0v) is 10.2. The Hall–Kier alpha value is -0.930. The van der Waals surface area contributed by atoms with E-state index in [2.05, 4.69) is 0 Å². The minimum atomic E-state index is -0.630. The predicted molar refractivity (Wildman–Crippen MR) is 61.8 cm³/mol. The van der Waals surface area contributed by atoms with Gasteiger partial charge in [0.1, 0.15) is 5.82 Å². The SMILES string of the molecule is COC(C)(C)CC(O)c1ccc(F)c(C)c1. The molecule has 16 heavy (non-hydrogen) atoms. The monoisotopic (exact) mass is 226 g/mol. The summed E-state index contributed by atoms with van der Waals surface area (Å²) in [6.07, 6.45) is -0.150. The molecule has 0 fully saturated rings. The number of aliphatic hydroxyl groups excluding tert-OH is 1. The average molecular weight is 226 g/mol. The lowest BCUT2D eigenvalue weighted by Gasteiger charge is -2.26. The van der Waals surface area contributed by atoms with Crippen molar-refractivity contribution in [2.45, 2.75) is 38.9 Å². The molecule has 0 amide bonds. The summed E-state index contributed by atoms with van der Waals surface area (Å²) in [5.41, 5.74) is 0.887. The number of hydrogen-bond donors (Lipinski definition) is 1. The maximum absolute atomic E-state index is 13.1. The molecular formula is C13H19FO2. The number of ether oxygens (including phenoxy) is 1. The summed E-state index contributed by atoms with van der Waals surface area (Å²) in [6.45, 7) is 5.51. The third-order valence-corrected chi connectivity index (χ3v) is 2.80. The number of aryl methyl sites for hydroxylation is 1. The summed E-state index contributed by atoms with van der Waals surface area (Å²) >= 11 is 0. The standard InChI is InChI=1S/C13H19FO2/c1-9-7-10(5-6-11(9)14)12(15)8-13(2,3)16-4/h5-7,12,15H,8H2,1-4H3.